The monoisotopic (exact) mass is 314 g/mol. The molecule has 0 spiro atoms. The summed E-state index contributed by atoms with van der Waals surface area (Å²) in [6.45, 7) is 1.45. The van der Waals surface area contributed by atoms with Crippen LogP contribution >= 0.6 is 0 Å². The van der Waals surface area contributed by atoms with Gasteiger partial charge in [0.25, 0.3) is 0 Å². The van der Waals surface area contributed by atoms with Crippen molar-refractivity contribution in [2.75, 3.05) is 23.7 Å². The third-order valence-electron chi connectivity index (χ3n) is 3.72. The van der Waals surface area contributed by atoms with E-state index in [0.29, 0.717) is 18.7 Å². The van der Waals surface area contributed by atoms with Gasteiger partial charge in [-0.1, -0.05) is 6.07 Å². The highest BCUT2D eigenvalue weighted by Crippen LogP contribution is 2.19. The summed E-state index contributed by atoms with van der Waals surface area (Å²) in [5, 5.41) is 8.72. The van der Waals surface area contributed by atoms with Gasteiger partial charge in [-0.05, 0) is 48.7 Å². The van der Waals surface area contributed by atoms with E-state index in [4.69, 9.17) is 0 Å². The molecule has 120 valence electrons. The van der Waals surface area contributed by atoms with Crippen LogP contribution in [0.5, 0.6) is 0 Å². The number of fused-ring (bicyclic) bond motifs is 1. The zero-order chi connectivity index (χ0) is 16.1. The fraction of sp³-hybridized carbons (Fsp3) is 0.294. The number of amides is 2. The Morgan fingerprint density at radius 2 is 2.04 bits per heavy atom. The van der Waals surface area contributed by atoms with Gasteiger partial charge in [-0.2, -0.15) is 0 Å². The first-order chi connectivity index (χ1) is 11.2. The number of urea groups is 1. The van der Waals surface area contributed by atoms with E-state index in [1.54, 1.807) is 0 Å². The molecule has 6 heteroatoms. The first-order valence-electron chi connectivity index (χ1n) is 7.74. The first kappa shape index (κ1) is 15.3. The number of benzene rings is 1. The summed E-state index contributed by atoms with van der Waals surface area (Å²) >= 11 is 0. The number of hydrogen-bond donors (Lipinski definition) is 3. The first-order valence-corrected chi connectivity index (χ1v) is 7.74. The second-order valence-corrected chi connectivity index (χ2v) is 5.48. The van der Waals surface area contributed by atoms with Crippen LogP contribution in [0.25, 0.3) is 0 Å². The number of carbonyl (C=O) groups excluding carboxylic acids is 1. The van der Waals surface area contributed by atoms with Crippen molar-refractivity contribution in [3.05, 3.63) is 53.5 Å². The lowest BCUT2D eigenvalue weighted by Crippen LogP contribution is -2.30. The third kappa shape index (κ3) is 4.18. The molecule has 1 aliphatic heterocycles. The van der Waals surface area contributed by atoms with E-state index in [9.17, 15) is 9.18 Å². The van der Waals surface area contributed by atoms with Crippen LogP contribution in [0.1, 0.15) is 17.7 Å². The maximum absolute atomic E-state index is 12.8. The predicted molar refractivity (Wildman–Crippen MR) is 88.2 cm³/mol. The van der Waals surface area contributed by atoms with E-state index >= 15 is 0 Å². The fourth-order valence-electron chi connectivity index (χ4n) is 2.52. The molecular formula is C17H19FN4O. The normalized spacial score (nSPS) is 12.9. The van der Waals surface area contributed by atoms with Crippen molar-refractivity contribution in [1.82, 2.24) is 10.3 Å². The quantitative estimate of drug-likeness (QED) is 0.813. The molecule has 23 heavy (non-hydrogen) atoms. The van der Waals surface area contributed by atoms with E-state index in [1.807, 2.05) is 6.07 Å². The average molecular weight is 314 g/mol. The van der Waals surface area contributed by atoms with Gasteiger partial charge < -0.3 is 16.0 Å². The SMILES string of the molecule is O=C(NCCc1ccc2c(n1)NCCC2)Nc1ccc(F)cc1. The van der Waals surface area contributed by atoms with Gasteiger partial charge in [0.05, 0.1) is 0 Å². The predicted octanol–water partition coefficient (Wildman–Crippen LogP) is 2.94. The lowest BCUT2D eigenvalue weighted by molar-refractivity contribution is 0.252. The molecule has 5 nitrogen and oxygen atoms in total. The Balaban J connectivity index is 1.47. The van der Waals surface area contributed by atoms with Crippen molar-refractivity contribution >= 4 is 17.5 Å². The summed E-state index contributed by atoms with van der Waals surface area (Å²) < 4.78 is 12.8. The average Bonchev–Trinajstić information content (AvgIpc) is 2.57. The Labute approximate surface area is 134 Å². The van der Waals surface area contributed by atoms with E-state index in [0.717, 1.165) is 30.9 Å². The van der Waals surface area contributed by atoms with Crippen molar-refractivity contribution < 1.29 is 9.18 Å². The number of aromatic nitrogens is 1. The summed E-state index contributed by atoms with van der Waals surface area (Å²) in [5.41, 5.74) is 2.75. The van der Waals surface area contributed by atoms with Crippen LogP contribution in [0.3, 0.4) is 0 Å². The van der Waals surface area contributed by atoms with E-state index < -0.39 is 0 Å². The fourth-order valence-corrected chi connectivity index (χ4v) is 2.52. The zero-order valence-corrected chi connectivity index (χ0v) is 12.7. The second kappa shape index (κ2) is 7.09. The molecular weight excluding hydrogens is 295 g/mol. The number of halogens is 1. The van der Waals surface area contributed by atoms with Crippen LogP contribution in [0, 0.1) is 5.82 Å². The Morgan fingerprint density at radius 1 is 1.22 bits per heavy atom. The lowest BCUT2D eigenvalue weighted by Gasteiger charge is -2.17. The van der Waals surface area contributed by atoms with Gasteiger partial charge in [0.1, 0.15) is 11.6 Å². The smallest absolute Gasteiger partial charge is 0.319 e. The van der Waals surface area contributed by atoms with Gasteiger partial charge in [-0.3, -0.25) is 0 Å². The highest BCUT2D eigenvalue weighted by molar-refractivity contribution is 5.89. The van der Waals surface area contributed by atoms with Crippen LogP contribution in [-0.2, 0) is 12.8 Å². The standard InChI is InChI=1S/C17H19FN4O/c18-13-4-7-14(8-5-13)22-17(23)20-11-9-15-6-3-12-2-1-10-19-16(12)21-15/h3-8H,1-2,9-11H2,(H,19,21)(H2,20,22,23). The molecule has 0 unspecified atom stereocenters. The number of hydrogen-bond acceptors (Lipinski definition) is 3. The van der Waals surface area contributed by atoms with Crippen LogP contribution in [0.2, 0.25) is 0 Å². The molecule has 1 aromatic carbocycles. The Morgan fingerprint density at radius 3 is 2.87 bits per heavy atom. The Hall–Kier alpha value is -2.63. The second-order valence-electron chi connectivity index (χ2n) is 5.48. The lowest BCUT2D eigenvalue weighted by atomic mass is 10.1. The molecule has 0 atom stereocenters. The summed E-state index contributed by atoms with van der Waals surface area (Å²) in [4.78, 5) is 16.4. The molecule has 3 rings (SSSR count). The third-order valence-corrected chi connectivity index (χ3v) is 3.72. The molecule has 2 amide bonds. The molecule has 0 bridgehead atoms. The van der Waals surface area contributed by atoms with Crippen molar-refractivity contribution in [2.45, 2.75) is 19.3 Å². The number of anilines is 2. The minimum atomic E-state index is -0.331. The highest BCUT2D eigenvalue weighted by Gasteiger charge is 2.10. The number of pyridine rings is 1. The van der Waals surface area contributed by atoms with Crippen LogP contribution in [-0.4, -0.2) is 24.1 Å². The molecule has 2 aromatic rings. The topological polar surface area (TPSA) is 66.0 Å². The summed E-state index contributed by atoms with van der Waals surface area (Å²) in [6, 6.07) is 9.44. The van der Waals surface area contributed by atoms with Gasteiger partial charge >= 0.3 is 6.03 Å². The largest absolute Gasteiger partial charge is 0.370 e. The number of nitrogens with one attached hydrogen (secondary N) is 3. The van der Waals surface area contributed by atoms with Gasteiger partial charge in [-0.15, -0.1) is 0 Å². The number of aryl methyl sites for hydroxylation is 1. The Kier molecular flexibility index (Phi) is 4.71. The van der Waals surface area contributed by atoms with Crippen molar-refractivity contribution in [1.29, 1.82) is 0 Å². The number of nitrogens with zero attached hydrogens (tertiary/aromatic N) is 1. The molecule has 3 N–H and O–H groups in total. The maximum Gasteiger partial charge on any atom is 0.319 e. The van der Waals surface area contributed by atoms with Gasteiger partial charge in [-0.25, -0.2) is 14.2 Å². The minimum absolute atomic E-state index is 0.312. The van der Waals surface area contributed by atoms with Crippen molar-refractivity contribution in [3.63, 3.8) is 0 Å². The van der Waals surface area contributed by atoms with E-state index in [1.165, 1.54) is 29.8 Å². The summed E-state index contributed by atoms with van der Waals surface area (Å²) in [5.74, 6) is 0.632. The molecule has 0 saturated heterocycles. The number of rotatable bonds is 4. The number of carbonyl (C=O) groups is 1. The highest BCUT2D eigenvalue weighted by atomic mass is 19.1. The maximum atomic E-state index is 12.8. The van der Waals surface area contributed by atoms with Gasteiger partial charge in [0, 0.05) is 30.9 Å². The minimum Gasteiger partial charge on any atom is -0.370 e. The molecule has 0 fully saturated rings. The van der Waals surface area contributed by atoms with Crippen LogP contribution in [0.15, 0.2) is 36.4 Å². The summed E-state index contributed by atoms with van der Waals surface area (Å²) in [7, 11) is 0. The molecule has 2 heterocycles. The van der Waals surface area contributed by atoms with Crippen molar-refractivity contribution in [3.8, 4) is 0 Å². The molecule has 0 radical (unpaired) electrons. The van der Waals surface area contributed by atoms with E-state index in [-0.39, 0.29) is 11.8 Å². The molecule has 0 aliphatic carbocycles. The van der Waals surface area contributed by atoms with Gasteiger partial charge in [0.15, 0.2) is 0 Å². The van der Waals surface area contributed by atoms with Crippen LogP contribution in [0.4, 0.5) is 20.7 Å². The zero-order valence-electron chi connectivity index (χ0n) is 12.7. The van der Waals surface area contributed by atoms with E-state index in [2.05, 4.69) is 27.0 Å². The van der Waals surface area contributed by atoms with Crippen LogP contribution < -0.4 is 16.0 Å². The Bertz CT molecular complexity index is 687. The van der Waals surface area contributed by atoms with Crippen molar-refractivity contribution in [2.24, 2.45) is 0 Å². The molecule has 0 saturated carbocycles. The molecule has 1 aliphatic rings. The molecule has 1 aromatic heterocycles. The summed E-state index contributed by atoms with van der Waals surface area (Å²) in [6.07, 6.45) is 2.86. The van der Waals surface area contributed by atoms with Gasteiger partial charge in [0.2, 0.25) is 0 Å².